The highest BCUT2D eigenvalue weighted by Gasteiger charge is 2.13. The van der Waals surface area contributed by atoms with Gasteiger partial charge in [0.05, 0.1) is 31.4 Å². The monoisotopic (exact) mass is 477 g/mol. The zero-order chi connectivity index (χ0) is 23.3. The van der Waals surface area contributed by atoms with Gasteiger partial charge in [-0.3, -0.25) is 14.2 Å². The van der Waals surface area contributed by atoms with Crippen LogP contribution in [0.25, 0.3) is 10.9 Å². The second-order valence-corrected chi connectivity index (χ2v) is 8.32. The fraction of sp³-hybridized carbons (Fsp3) is 0.348. The van der Waals surface area contributed by atoms with Crippen LogP contribution in [0.2, 0.25) is 10.0 Å². The van der Waals surface area contributed by atoms with Gasteiger partial charge in [-0.15, -0.1) is 0 Å². The highest BCUT2D eigenvalue weighted by molar-refractivity contribution is 6.35. The summed E-state index contributed by atoms with van der Waals surface area (Å²) in [6, 6.07) is 8.52. The molecule has 0 aliphatic carbocycles. The second kappa shape index (κ2) is 10.7. The molecular formula is C23H25Cl2N3O4. The van der Waals surface area contributed by atoms with Crippen molar-refractivity contribution in [3.8, 4) is 11.5 Å². The molecule has 3 rings (SSSR count). The summed E-state index contributed by atoms with van der Waals surface area (Å²) in [4.78, 5) is 29.5. The van der Waals surface area contributed by atoms with Crippen molar-refractivity contribution in [1.82, 2.24) is 14.9 Å². The number of halogens is 2. The van der Waals surface area contributed by atoms with Gasteiger partial charge >= 0.3 is 0 Å². The minimum atomic E-state index is -0.192. The van der Waals surface area contributed by atoms with Gasteiger partial charge < -0.3 is 14.8 Å². The van der Waals surface area contributed by atoms with Gasteiger partial charge in [-0.1, -0.05) is 29.3 Å². The molecule has 1 aromatic heterocycles. The molecule has 9 heteroatoms. The largest absolute Gasteiger partial charge is 0.493 e. The van der Waals surface area contributed by atoms with E-state index in [0.29, 0.717) is 51.8 Å². The van der Waals surface area contributed by atoms with Gasteiger partial charge in [-0.2, -0.15) is 0 Å². The summed E-state index contributed by atoms with van der Waals surface area (Å²) >= 11 is 12.1. The molecule has 0 aliphatic rings. The summed E-state index contributed by atoms with van der Waals surface area (Å²) in [5.41, 5.74) is 1.25. The van der Waals surface area contributed by atoms with Crippen LogP contribution in [0.1, 0.15) is 25.3 Å². The number of nitrogens with zero attached hydrogens (tertiary/aromatic N) is 2. The zero-order valence-corrected chi connectivity index (χ0v) is 19.7. The van der Waals surface area contributed by atoms with Crippen molar-refractivity contribution in [3.05, 3.63) is 62.6 Å². The molecule has 32 heavy (non-hydrogen) atoms. The maximum Gasteiger partial charge on any atom is 0.261 e. The summed E-state index contributed by atoms with van der Waals surface area (Å²) in [5.74, 6) is 0.886. The highest BCUT2D eigenvalue weighted by atomic mass is 35.5. The van der Waals surface area contributed by atoms with Gasteiger partial charge in [0.15, 0.2) is 11.5 Å². The minimum absolute atomic E-state index is 0.0872. The Hall–Kier alpha value is -2.77. The first-order valence-electron chi connectivity index (χ1n) is 10.2. The maximum atomic E-state index is 12.8. The molecule has 7 nitrogen and oxygen atoms in total. The van der Waals surface area contributed by atoms with Crippen molar-refractivity contribution in [2.24, 2.45) is 0 Å². The number of ether oxygens (including phenoxy) is 2. The van der Waals surface area contributed by atoms with E-state index < -0.39 is 0 Å². The zero-order valence-electron chi connectivity index (χ0n) is 18.2. The normalized spacial score (nSPS) is 11.9. The number of rotatable bonds is 9. The van der Waals surface area contributed by atoms with Crippen molar-refractivity contribution in [3.63, 3.8) is 0 Å². The van der Waals surface area contributed by atoms with Crippen LogP contribution in [0.5, 0.6) is 11.5 Å². The number of methoxy groups -OCH3 is 2. The summed E-state index contributed by atoms with van der Waals surface area (Å²) < 4.78 is 12.0. The third-order valence-corrected chi connectivity index (χ3v) is 5.67. The lowest BCUT2D eigenvalue weighted by molar-refractivity contribution is -0.121. The molecule has 2 aromatic carbocycles. The Balaban J connectivity index is 1.57. The van der Waals surface area contributed by atoms with E-state index >= 15 is 0 Å². The number of carbonyl (C=O) groups excluding carboxylic acids is 1. The third-order valence-electron chi connectivity index (χ3n) is 5.08. The summed E-state index contributed by atoms with van der Waals surface area (Å²) in [6.45, 7) is 2.29. The Bertz CT molecular complexity index is 1180. The average molecular weight is 478 g/mol. The van der Waals surface area contributed by atoms with Crippen molar-refractivity contribution in [1.29, 1.82) is 0 Å². The number of hydrogen-bond donors (Lipinski definition) is 1. The van der Waals surface area contributed by atoms with E-state index in [1.807, 2.05) is 13.0 Å². The Labute approximate surface area is 196 Å². The summed E-state index contributed by atoms with van der Waals surface area (Å²) in [5, 5.41) is 4.55. The fourth-order valence-electron chi connectivity index (χ4n) is 3.47. The van der Waals surface area contributed by atoms with Crippen LogP contribution in [0.3, 0.4) is 0 Å². The smallest absolute Gasteiger partial charge is 0.261 e. The number of nitrogens with one attached hydrogen (secondary N) is 1. The predicted octanol–water partition coefficient (Wildman–Crippen LogP) is 4.25. The lowest BCUT2D eigenvalue weighted by Crippen LogP contribution is -2.34. The Morgan fingerprint density at radius 2 is 1.88 bits per heavy atom. The number of aromatic nitrogens is 2. The van der Waals surface area contributed by atoms with Gasteiger partial charge in [0, 0.05) is 35.1 Å². The standard InChI is InChI=1S/C23H25Cl2N3O4/c1-14(9-15-6-7-16(24)10-18(15)25)27-22(29)5-4-8-28-13-26-19-12-21(32-3)20(31-2)11-17(19)23(28)30/h6-7,10-14H,4-5,8-9H2,1-3H3,(H,27,29). The van der Waals surface area contributed by atoms with E-state index in [2.05, 4.69) is 10.3 Å². The second-order valence-electron chi connectivity index (χ2n) is 7.48. The molecule has 1 N–H and O–H groups in total. The van der Waals surface area contributed by atoms with E-state index in [0.717, 1.165) is 5.56 Å². The third kappa shape index (κ3) is 5.72. The Kier molecular flexibility index (Phi) is 7.99. The Morgan fingerprint density at radius 3 is 2.56 bits per heavy atom. The molecule has 0 bridgehead atoms. The molecule has 0 spiro atoms. The topological polar surface area (TPSA) is 82.5 Å². The summed E-state index contributed by atoms with van der Waals surface area (Å²) in [7, 11) is 3.04. The van der Waals surface area contributed by atoms with E-state index in [-0.39, 0.29) is 23.9 Å². The first-order valence-corrected chi connectivity index (χ1v) is 10.9. The van der Waals surface area contributed by atoms with Crippen LogP contribution in [0.4, 0.5) is 0 Å². The van der Waals surface area contributed by atoms with Gasteiger partial charge in [0.2, 0.25) is 5.91 Å². The molecule has 0 radical (unpaired) electrons. The first kappa shape index (κ1) is 23.9. The summed E-state index contributed by atoms with van der Waals surface area (Å²) in [6.07, 6.45) is 2.87. The average Bonchev–Trinajstić information content (AvgIpc) is 2.76. The number of hydrogen-bond acceptors (Lipinski definition) is 5. The molecule has 0 fully saturated rings. The molecule has 1 amide bonds. The lowest BCUT2D eigenvalue weighted by atomic mass is 10.1. The maximum absolute atomic E-state index is 12.8. The van der Waals surface area contributed by atoms with Crippen LogP contribution in [-0.4, -0.2) is 35.7 Å². The van der Waals surface area contributed by atoms with Crippen molar-refractivity contribution in [2.75, 3.05) is 14.2 Å². The number of aryl methyl sites for hydroxylation is 1. The molecule has 0 aliphatic heterocycles. The molecule has 1 atom stereocenters. The quantitative estimate of drug-likeness (QED) is 0.498. The van der Waals surface area contributed by atoms with Crippen LogP contribution in [0.15, 0.2) is 41.5 Å². The SMILES string of the molecule is COc1cc2ncn(CCCC(=O)NC(C)Cc3ccc(Cl)cc3Cl)c(=O)c2cc1OC. The highest BCUT2D eigenvalue weighted by Crippen LogP contribution is 2.29. The van der Waals surface area contributed by atoms with Gasteiger partial charge in [-0.05, 0) is 43.5 Å². The van der Waals surface area contributed by atoms with Crippen LogP contribution in [-0.2, 0) is 17.8 Å². The van der Waals surface area contributed by atoms with E-state index in [4.69, 9.17) is 32.7 Å². The number of benzene rings is 2. The molecule has 0 saturated heterocycles. The molecule has 0 saturated carbocycles. The first-order chi connectivity index (χ1) is 15.3. The number of fused-ring (bicyclic) bond motifs is 1. The molecule has 3 aromatic rings. The molecular weight excluding hydrogens is 453 g/mol. The van der Waals surface area contributed by atoms with Crippen molar-refractivity contribution < 1.29 is 14.3 Å². The van der Waals surface area contributed by atoms with Gasteiger partial charge in [0.25, 0.3) is 5.56 Å². The van der Waals surface area contributed by atoms with E-state index in [1.54, 1.807) is 24.3 Å². The van der Waals surface area contributed by atoms with Crippen LogP contribution in [0, 0.1) is 0 Å². The number of amides is 1. The van der Waals surface area contributed by atoms with E-state index in [9.17, 15) is 9.59 Å². The minimum Gasteiger partial charge on any atom is -0.493 e. The van der Waals surface area contributed by atoms with Gasteiger partial charge in [-0.25, -0.2) is 4.98 Å². The molecule has 170 valence electrons. The van der Waals surface area contributed by atoms with Crippen molar-refractivity contribution >= 4 is 40.0 Å². The lowest BCUT2D eigenvalue weighted by Gasteiger charge is -2.15. The fourth-order valence-corrected chi connectivity index (χ4v) is 3.96. The predicted molar refractivity (Wildman–Crippen MR) is 126 cm³/mol. The van der Waals surface area contributed by atoms with Crippen molar-refractivity contribution in [2.45, 2.75) is 38.8 Å². The van der Waals surface area contributed by atoms with E-state index in [1.165, 1.54) is 25.1 Å². The number of carbonyl (C=O) groups is 1. The van der Waals surface area contributed by atoms with Crippen LogP contribution >= 0.6 is 23.2 Å². The van der Waals surface area contributed by atoms with Crippen LogP contribution < -0.4 is 20.3 Å². The molecule has 1 unspecified atom stereocenters. The molecule has 1 heterocycles. The van der Waals surface area contributed by atoms with Gasteiger partial charge in [0.1, 0.15) is 0 Å². The Morgan fingerprint density at radius 1 is 1.16 bits per heavy atom.